The van der Waals surface area contributed by atoms with Crippen LogP contribution in [0.5, 0.6) is 0 Å². The summed E-state index contributed by atoms with van der Waals surface area (Å²) in [7, 11) is 1.64. The van der Waals surface area contributed by atoms with Gasteiger partial charge in [0, 0.05) is 30.8 Å². The van der Waals surface area contributed by atoms with Crippen LogP contribution in [0.15, 0.2) is 18.2 Å². The number of methoxy groups -OCH3 is 1. The molecule has 7 heteroatoms. The number of nitrogens with one attached hydrogen (secondary N) is 2. The minimum absolute atomic E-state index is 0.0184. The Morgan fingerprint density at radius 2 is 2.32 bits per heavy atom. The summed E-state index contributed by atoms with van der Waals surface area (Å²) >= 11 is 0. The van der Waals surface area contributed by atoms with Gasteiger partial charge in [0.1, 0.15) is 0 Å². The number of ether oxygens (including phenoxy) is 1. The molecule has 120 valence electrons. The Balaban J connectivity index is 2.03. The molecule has 1 aromatic carbocycles. The molecule has 2 rings (SSSR count). The molecular formula is C15H21N3O4. The van der Waals surface area contributed by atoms with Crippen LogP contribution in [0, 0.1) is 17.0 Å². The number of amides is 1. The molecule has 1 saturated heterocycles. The van der Waals surface area contributed by atoms with Crippen molar-refractivity contribution in [3.05, 3.63) is 39.4 Å². The van der Waals surface area contributed by atoms with E-state index in [9.17, 15) is 14.9 Å². The van der Waals surface area contributed by atoms with Crippen molar-refractivity contribution in [1.29, 1.82) is 0 Å². The Labute approximate surface area is 129 Å². The number of hydrogen-bond donors (Lipinski definition) is 2. The van der Waals surface area contributed by atoms with Gasteiger partial charge in [-0.1, -0.05) is 0 Å². The first kappa shape index (κ1) is 16.4. The zero-order chi connectivity index (χ0) is 16.2. The van der Waals surface area contributed by atoms with Crippen molar-refractivity contribution in [1.82, 2.24) is 10.6 Å². The summed E-state index contributed by atoms with van der Waals surface area (Å²) in [6, 6.07) is 4.38. The molecule has 1 amide bonds. The summed E-state index contributed by atoms with van der Waals surface area (Å²) in [6.07, 6.45) is 2.00. The third kappa shape index (κ3) is 3.61. The summed E-state index contributed by atoms with van der Waals surface area (Å²) in [5.41, 5.74) is 0.696. The average Bonchev–Trinajstić information content (AvgIpc) is 2.93. The molecule has 0 bridgehead atoms. The van der Waals surface area contributed by atoms with E-state index in [1.807, 2.05) is 0 Å². The maximum atomic E-state index is 12.2. The maximum Gasteiger partial charge on any atom is 0.272 e. The molecule has 1 aromatic rings. The molecule has 1 aliphatic rings. The number of carbonyl (C=O) groups is 1. The topological polar surface area (TPSA) is 93.5 Å². The highest BCUT2D eigenvalue weighted by molar-refractivity contribution is 5.94. The van der Waals surface area contributed by atoms with Crippen molar-refractivity contribution in [3.8, 4) is 0 Å². The van der Waals surface area contributed by atoms with Gasteiger partial charge in [0.15, 0.2) is 0 Å². The molecular weight excluding hydrogens is 286 g/mol. The second-order valence-corrected chi connectivity index (χ2v) is 5.68. The highest BCUT2D eigenvalue weighted by Gasteiger charge is 2.33. The first-order chi connectivity index (χ1) is 10.5. The van der Waals surface area contributed by atoms with Gasteiger partial charge in [0.05, 0.1) is 17.1 Å². The van der Waals surface area contributed by atoms with Crippen molar-refractivity contribution in [2.45, 2.75) is 25.3 Å². The third-order valence-corrected chi connectivity index (χ3v) is 4.00. The highest BCUT2D eigenvalue weighted by atomic mass is 16.6. The molecule has 1 heterocycles. The SMILES string of the molecule is COCC1(CNC(=O)c2ccc([N+](=O)[O-])c(C)c2)CCCN1. The Hall–Kier alpha value is -1.99. The Morgan fingerprint density at radius 1 is 1.55 bits per heavy atom. The Bertz CT molecular complexity index is 568. The van der Waals surface area contributed by atoms with Gasteiger partial charge in [-0.05, 0) is 38.4 Å². The van der Waals surface area contributed by atoms with E-state index in [2.05, 4.69) is 10.6 Å². The number of aryl methyl sites for hydroxylation is 1. The van der Waals surface area contributed by atoms with Gasteiger partial charge in [-0.15, -0.1) is 0 Å². The minimum Gasteiger partial charge on any atom is -0.383 e. The second kappa shape index (κ2) is 6.85. The highest BCUT2D eigenvalue weighted by Crippen LogP contribution is 2.20. The minimum atomic E-state index is -0.451. The predicted octanol–water partition coefficient (Wildman–Crippen LogP) is 1.40. The lowest BCUT2D eigenvalue weighted by atomic mass is 9.98. The van der Waals surface area contributed by atoms with Crippen LogP contribution in [0.1, 0.15) is 28.8 Å². The molecule has 0 aromatic heterocycles. The van der Waals surface area contributed by atoms with E-state index in [-0.39, 0.29) is 17.1 Å². The fraction of sp³-hybridized carbons (Fsp3) is 0.533. The van der Waals surface area contributed by atoms with Crippen molar-refractivity contribution in [3.63, 3.8) is 0 Å². The smallest absolute Gasteiger partial charge is 0.272 e. The van der Waals surface area contributed by atoms with Crippen LogP contribution in [-0.2, 0) is 4.74 Å². The molecule has 7 nitrogen and oxygen atoms in total. The normalized spacial score (nSPS) is 20.8. The first-order valence-electron chi connectivity index (χ1n) is 7.25. The molecule has 1 unspecified atom stereocenters. The molecule has 0 spiro atoms. The number of nitro groups is 1. The fourth-order valence-electron chi connectivity index (χ4n) is 2.82. The van der Waals surface area contributed by atoms with Crippen LogP contribution < -0.4 is 10.6 Å². The van der Waals surface area contributed by atoms with Gasteiger partial charge in [0.2, 0.25) is 0 Å². The summed E-state index contributed by atoms with van der Waals surface area (Å²) in [5.74, 6) is -0.234. The lowest BCUT2D eigenvalue weighted by Gasteiger charge is -2.29. The number of rotatable bonds is 6. The van der Waals surface area contributed by atoms with Crippen LogP contribution in [-0.4, -0.2) is 43.2 Å². The predicted molar refractivity (Wildman–Crippen MR) is 82.0 cm³/mol. The van der Waals surface area contributed by atoms with Crippen LogP contribution in [0.3, 0.4) is 0 Å². The van der Waals surface area contributed by atoms with Gasteiger partial charge in [-0.3, -0.25) is 14.9 Å². The number of nitrogens with zero attached hydrogens (tertiary/aromatic N) is 1. The van der Waals surface area contributed by atoms with E-state index in [1.165, 1.54) is 12.1 Å². The molecule has 0 aliphatic carbocycles. The number of hydrogen-bond acceptors (Lipinski definition) is 5. The summed E-state index contributed by atoms with van der Waals surface area (Å²) in [6.45, 7) is 3.54. The maximum absolute atomic E-state index is 12.2. The fourth-order valence-corrected chi connectivity index (χ4v) is 2.82. The number of benzene rings is 1. The van der Waals surface area contributed by atoms with Crippen molar-refractivity contribution in [2.75, 3.05) is 26.8 Å². The first-order valence-corrected chi connectivity index (χ1v) is 7.25. The van der Waals surface area contributed by atoms with E-state index in [0.29, 0.717) is 24.3 Å². The van der Waals surface area contributed by atoms with Gasteiger partial charge < -0.3 is 15.4 Å². The zero-order valence-electron chi connectivity index (χ0n) is 12.8. The van der Waals surface area contributed by atoms with Gasteiger partial charge >= 0.3 is 0 Å². The molecule has 22 heavy (non-hydrogen) atoms. The monoisotopic (exact) mass is 307 g/mol. The summed E-state index contributed by atoms with van der Waals surface area (Å²) in [4.78, 5) is 22.6. The summed E-state index contributed by atoms with van der Waals surface area (Å²) in [5, 5.41) is 17.1. The Morgan fingerprint density at radius 3 is 2.86 bits per heavy atom. The van der Waals surface area contributed by atoms with E-state index in [4.69, 9.17) is 4.74 Å². The van der Waals surface area contributed by atoms with E-state index >= 15 is 0 Å². The largest absolute Gasteiger partial charge is 0.383 e. The Kier molecular flexibility index (Phi) is 5.10. The van der Waals surface area contributed by atoms with E-state index < -0.39 is 4.92 Å². The standard InChI is InChI=1S/C15H21N3O4/c1-11-8-12(4-5-13(11)18(20)21)14(19)16-9-15(10-22-2)6-3-7-17-15/h4-5,8,17H,3,6-7,9-10H2,1-2H3,(H,16,19). The van der Waals surface area contributed by atoms with Crippen LogP contribution >= 0.6 is 0 Å². The van der Waals surface area contributed by atoms with E-state index in [0.717, 1.165) is 19.4 Å². The van der Waals surface area contributed by atoms with E-state index in [1.54, 1.807) is 20.1 Å². The lowest BCUT2D eigenvalue weighted by Crippen LogP contribution is -2.53. The zero-order valence-corrected chi connectivity index (χ0v) is 12.8. The summed E-state index contributed by atoms with van der Waals surface area (Å²) < 4.78 is 5.24. The molecule has 1 atom stereocenters. The number of nitro benzene ring substituents is 1. The second-order valence-electron chi connectivity index (χ2n) is 5.68. The van der Waals surface area contributed by atoms with Crippen LogP contribution in [0.4, 0.5) is 5.69 Å². The van der Waals surface area contributed by atoms with Crippen LogP contribution in [0.2, 0.25) is 0 Å². The molecule has 2 N–H and O–H groups in total. The molecule has 0 saturated carbocycles. The lowest BCUT2D eigenvalue weighted by molar-refractivity contribution is -0.385. The average molecular weight is 307 g/mol. The third-order valence-electron chi connectivity index (χ3n) is 4.00. The van der Waals surface area contributed by atoms with Crippen molar-refractivity contribution < 1.29 is 14.5 Å². The quantitative estimate of drug-likeness (QED) is 0.612. The van der Waals surface area contributed by atoms with Gasteiger partial charge in [0.25, 0.3) is 11.6 Å². The molecule has 1 fully saturated rings. The molecule has 1 aliphatic heterocycles. The van der Waals surface area contributed by atoms with Gasteiger partial charge in [-0.25, -0.2) is 0 Å². The number of carbonyl (C=O) groups excluding carboxylic acids is 1. The van der Waals surface area contributed by atoms with Crippen molar-refractivity contribution in [2.24, 2.45) is 0 Å². The van der Waals surface area contributed by atoms with Crippen LogP contribution in [0.25, 0.3) is 0 Å². The van der Waals surface area contributed by atoms with Crippen molar-refractivity contribution >= 4 is 11.6 Å². The molecule has 0 radical (unpaired) electrons. The van der Waals surface area contributed by atoms with Gasteiger partial charge in [-0.2, -0.15) is 0 Å².